The van der Waals surface area contributed by atoms with E-state index in [2.05, 4.69) is 5.32 Å². The molecular formula is C22H24N2O4. The van der Waals surface area contributed by atoms with Gasteiger partial charge in [0.15, 0.2) is 6.10 Å². The first-order valence-electron chi connectivity index (χ1n) is 9.38. The van der Waals surface area contributed by atoms with E-state index < -0.39 is 24.2 Å². The van der Waals surface area contributed by atoms with Crippen molar-refractivity contribution in [3.8, 4) is 0 Å². The standard InChI is InChI=1S/C22H24N2O4/c1-16(26)28-21(18-11-6-3-7-12-18)20(17-9-4-2-5-10-17)23-22(27)19-13-8-14-24(19)15-25/h2-7,9-12,15,19-21H,8,13-14H2,1H3,(H,23,27)/t19-,20+,21-/m0/s1. The lowest BCUT2D eigenvalue weighted by Gasteiger charge is -2.30. The molecule has 1 heterocycles. The number of hydrogen-bond acceptors (Lipinski definition) is 4. The van der Waals surface area contributed by atoms with Gasteiger partial charge in [-0.05, 0) is 24.0 Å². The molecule has 1 aliphatic rings. The first kappa shape index (κ1) is 19.6. The largest absolute Gasteiger partial charge is 0.455 e. The number of hydrogen-bond donors (Lipinski definition) is 1. The van der Waals surface area contributed by atoms with Crippen LogP contribution in [0.3, 0.4) is 0 Å². The van der Waals surface area contributed by atoms with Crippen molar-refractivity contribution in [2.24, 2.45) is 0 Å². The molecule has 0 aromatic heterocycles. The van der Waals surface area contributed by atoms with E-state index in [9.17, 15) is 14.4 Å². The Morgan fingerprint density at radius 2 is 1.68 bits per heavy atom. The highest BCUT2D eigenvalue weighted by Gasteiger charge is 2.34. The van der Waals surface area contributed by atoms with Crippen molar-refractivity contribution in [3.63, 3.8) is 0 Å². The molecule has 2 aromatic carbocycles. The van der Waals surface area contributed by atoms with E-state index in [-0.39, 0.29) is 5.91 Å². The van der Waals surface area contributed by atoms with Crippen molar-refractivity contribution in [2.75, 3.05) is 6.54 Å². The van der Waals surface area contributed by atoms with Gasteiger partial charge in [-0.1, -0.05) is 60.7 Å². The van der Waals surface area contributed by atoms with Crippen molar-refractivity contribution in [1.82, 2.24) is 10.2 Å². The smallest absolute Gasteiger partial charge is 0.303 e. The van der Waals surface area contributed by atoms with Crippen molar-refractivity contribution in [3.05, 3.63) is 71.8 Å². The van der Waals surface area contributed by atoms with Crippen LogP contribution in [0.5, 0.6) is 0 Å². The van der Waals surface area contributed by atoms with Crippen molar-refractivity contribution in [2.45, 2.75) is 38.0 Å². The summed E-state index contributed by atoms with van der Waals surface area (Å²) in [4.78, 5) is 37.6. The van der Waals surface area contributed by atoms with Gasteiger partial charge in [0.1, 0.15) is 6.04 Å². The number of nitrogens with one attached hydrogen (secondary N) is 1. The van der Waals surface area contributed by atoms with Crippen LogP contribution in [0.4, 0.5) is 0 Å². The molecule has 1 saturated heterocycles. The van der Waals surface area contributed by atoms with Crippen LogP contribution in [0.2, 0.25) is 0 Å². The Kier molecular flexibility index (Phi) is 6.42. The molecule has 1 aliphatic heterocycles. The van der Waals surface area contributed by atoms with Crippen molar-refractivity contribution in [1.29, 1.82) is 0 Å². The maximum absolute atomic E-state index is 13.0. The van der Waals surface area contributed by atoms with E-state index in [1.54, 1.807) is 0 Å². The fraction of sp³-hybridized carbons (Fsp3) is 0.318. The van der Waals surface area contributed by atoms with E-state index in [0.717, 1.165) is 24.0 Å². The lowest BCUT2D eigenvalue weighted by atomic mass is 9.95. The highest BCUT2D eigenvalue weighted by Crippen LogP contribution is 2.33. The van der Waals surface area contributed by atoms with Crippen LogP contribution in [-0.2, 0) is 19.1 Å². The Morgan fingerprint density at radius 3 is 2.25 bits per heavy atom. The molecule has 0 radical (unpaired) electrons. The summed E-state index contributed by atoms with van der Waals surface area (Å²) in [7, 11) is 0. The molecule has 0 bridgehead atoms. The number of ether oxygens (including phenoxy) is 1. The second-order valence-corrected chi connectivity index (χ2v) is 6.84. The molecule has 1 fully saturated rings. The number of nitrogens with zero attached hydrogens (tertiary/aromatic N) is 1. The van der Waals surface area contributed by atoms with E-state index >= 15 is 0 Å². The second-order valence-electron chi connectivity index (χ2n) is 6.84. The van der Waals surface area contributed by atoms with Gasteiger partial charge in [0.05, 0.1) is 6.04 Å². The number of carbonyl (C=O) groups excluding carboxylic acids is 3. The molecule has 3 atom stereocenters. The quantitative estimate of drug-likeness (QED) is 0.592. The number of amides is 2. The zero-order valence-electron chi connectivity index (χ0n) is 15.8. The number of benzene rings is 2. The van der Waals surface area contributed by atoms with E-state index in [1.807, 2.05) is 60.7 Å². The summed E-state index contributed by atoms with van der Waals surface area (Å²) in [6.45, 7) is 1.93. The van der Waals surface area contributed by atoms with Crippen LogP contribution in [0.15, 0.2) is 60.7 Å². The third-order valence-corrected chi connectivity index (χ3v) is 4.91. The fourth-order valence-electron chi connectivity index (χ4n) is 3.59. The lowest BCUT2D eigenvalue weighted by Crippen LogP contribution is -2.45. The van der Waals surface area contributed by atoms with Gasteiger partial charge < -0.3 is 15.0 Å². The van der Waals surface area contributed by atoms with E-state index in [0.29, 0.717) is 13.0 Å². The minimum atomic E-state index is -0.684. The van der Waals surface area contributed by atoms with Crippen LogP contribution in [0.1, 0.15) is 43.0 Å². The summed E-state index contributed by atoms with van der Waals surface area (Å²) in [6.07, 6.45) is 1.44. The predicted molar refractivity (Wildman–Crippen MR) is 104 cm³/mol. The SMILES string of the molecule is CC(=O)O[C@@H](c1ccccc1)[C@H](NC(=O)[C@@H]1CCCN1C=O)c1ccccc1. The van der Waals surface area contributed by atoms with Crippen LogP contribution >= 0.6 is 0 Å². The topological polar surface area (TPSA) is 75.7 Å². The Morgan fingerprint density at radius 1 is 1.07 bits per heavy atom. The Bertz CT molecular complexity index is 810. The van der Waals surface area contributed by atoms with Gasteiger partial charge in [-0.15, -0.1) is 0 Å². The second kappa shape index (κ2) is 9.17. The maximum Gasteiger partial charge on any atom is 0.303 e. The van der Waals surface area contributed by atoms with Gasteiger partial charge in [-0.25, -0.2) is 0 Å². The number of likely N-dealkylation sites (tertiary alicyclic amines) is 1. The van der Waals surface area contributed by atoms with Crippen molar-refractivity contribution < 1.29 is 19.1 Å². The minimum absolute atomic E-state index is 0.244. The van der Waals surface area contributed by atoms with Gasteiger partial charge in [0.25, 0.3) is 0 Å². The predicted octanol–water partition coefficient (Wildman–Crippen LogP) is 2.77. The van der Waals surface area contributed by atoms with E-state index in [1.165, 1.54) is 11.8 Å². The van der Waals surface area contributed by atoms with Crippen molar-refractivity contribution >= 4 is 18.3 Å². The summed E-state index contributed by atoms with van der Waals surface area (Å²) in [6, 6.07) is 17.7. The third-order valence-electron chi connectivity index (χ3n) is 4.91. The summed E-state index contributed by atoms with van der Waals surface area (Å²) >= 11 is 0. The van der Waals surface area contributed by atoms with Gasteiger partial charge in [-0.3, -0.25) is 14.4 Å². The Balaban J connectivity index is 1.94. The molecule has 1 N–H and O–H groups in total. The number of rotatable bonds is 7. The molecule has 6 heteroatoms. The number of esters is 1. The third kappa shape index (κ3) is 4.57. The fourth-order valence-corrected chi connectivity index (χ4v) is 3.59. The number of carbonyl (C=O) groups is 3. The molecule has 6 nitrogen and oxygen atoms in total. The van der Waals surface area contributed by atoms with Crippen LogP contribution < -0.4 is 5.32 Å². The van der Waals surface area contributed by atoms with Crippen LogP contribution in [0.25, 0.3) is 0 Å². The molecule has 2 aromatic rings. The van der Waals surface area contributed by atoms with Crippen LogP contribution in [-0.4, -0.2) is 35.8 Å². The summed E-state index contributed by atoms with van der Waals surface area (Å²) in [5, 5.41) is 3.03. The molecular weight excluding hydrogens is 356 g/mol. The zero-order valence-corrected chi connectivity index (χ0v) is 15.8. The molecule has 28 heavy (non-hydrogen) atoms. The molecule has 0 spiro atoms. The Hall–Kier alpha value is -3.15. The monoisotopic (exact) mass is 380 g/mol. The normalized spacial score (nSPS) is 18.2. The summed E-state index contributed by atoms with van der Waals surface area (Å²) in [5.41, 5.74) is 1.60. The molecule has 3 rings (SSSR count). The molecule has 0 unspecified atom stereocenters. The summed E-state index contributed by atoms with van der Waals surface area (Å²) in [5.74, 6) is -0.675. The van der Waals surface area contributed by atoms with Gasteiger partial charge in [0.2, 0.25) is 12.3 Å². The minimum Gasteiger partial charge on any atom is -0.455 e. The van der Waals surface area contributed by atoms with Gasteiger partial charge in [-0.2, -0.15) is 0 Å². The highest BCUT2D eigenvalue weighted by atomic mass is 16.5. The molecule has 0 aliphatic carbocycles. The Labute approximate surface area is 164 Å². The average Bonchev–Trinajstić information content (AvgIpc) is 3.20. The molecule has 0 saturated carbocycles. The molecule has 2 amide bonds. The van der Waals surface area contributed by atoms with E-state index in [4.69, 9.17) is 4.74 Å². The lowest BCUT2D eigenvalue weighted by molar-refractivity contribution is -0.149. The molecule has 146 valence electrons. The first-order valence-corrected chi connectivity index (χ1v) is 9.38. The highest BCUT2D eigenvalue weighted by molar-refractivity contribution is 5.84. The maximum atomic E-state index is 13.0. The first-order chi connectivity index (χ1) is 13.6. The summed E-state index contributed by atoms with van der Waals surface area (Å²) < 4.78 is 5.63. The zero-order chi connectivity index (χ0) is 19.9. The van der Waals surface area contributed by atoms with Gasteiger partial charge >= 0.3 is 5.97 Å². The van der Waals surface area contributed by atoms with Crippen LogP contribution in [0, 0.1) is 0 Å². The van der Waals surface area contributed by atoms with Gasteiger partial charge in [0, 0.05) is 13.5 Å². The average molecular weight is 380 g/mol.